The van der Waals surface area contributed by atoms with E-state index >= 15 is 0 Å². The smallest absolute Gasteiger partial charge is 0.226 e. The molecule has 6 rings (SSSR count). The lowest BCUT2D eigenvalue weighted by Gasteiger charge is -2.31. The molecule has 2 unspecified atom stereocenters. The van der Waals surface area contributed by atoms with Crippen LogP contribution in [-0.4, -0.2) is 59.0 Å². The lowest BCUT2D eigenvalue weighted by molar-refractivity contribution is -0.134. The van der Waals surface area contributed by atoms with Gasteiger partial charge in [0.15, 0.2) is 0 Å². The number of likely N-dealkylation sites (tertiary alicyclic amines) is 2. The van der Waals surface area contributed by atoms with Crippen LogP contribution in [0.3, 0.4) is 0 Å². The third kappa shape index (κ3) is 8.36. The molecule has 0 spiro atoms. The van der Waals surface area contributed by atoms with Crippen molar-refractivity contribution in [2.45, 2.75) is 102 Å². The Hall–Kier alpha value is -1.86. The quantitative estimate of drug-likeness (QED) is 0.313. The molecule has 6 nitrogen and oxygen atoms in total. The van der Waals surface area contributed by atoms with Gasteiger partial charge in [0, 0.05) is 57.1 Å². The Balaban J connectivity index is 0.000000178. The normalized spacial score (nSPS) is 23.0. The lowest BCUT2D eigenvalue weighted by atomic mass is 9.94. The average molecular weight is 699 g/mol. The molecule has 2 amide bonds. The van der Waals surface area contributed by atoms with Crippen molar-refractivity contribution >= 4 is 58.2 Å². The number of nitrogens with zero attached hydrogens (tertiary/aromatic N) is 2. The highest BCUT2D eigenvalue weighted by molar-refractivity contribution is 6.36. The van der Waals surface area contributed by atoms with Crippen molar-refractivity contribution in [2.24, 2.45) is 11.8 Å². The number of benzene rings is 2. The van der Waals surface area contributed by atoms with Crippen molar-refractivity contribution in [1.29, 1.82) is 0 Å². The first kappa shape index (κ1) is 34.5. The fraction of sp³-hybridized carbons (Fsp3) is 0.600. The second-order valence-electron chi connectivity index (χ2n) is 13.0. The Morgan fingerprint density at radius 1 is 0.644 bits per heavy atom. The predicted molar refractivity (Wildman–Crippen MR) is 182 cm³/mol. The molecule has 4 fully saturated rings. The summed E-state index contributed by atoms with van der Waals surface area (Å²) in [6.45, 7) is 1.72. The number of aromatic hydroxyl groups is 1. The number of phenolic OH excluding ortho intramolecular Hbond substituents is 1. The highest BCUT2D eigenvalue weighted by atomic mass is 35.5. The van der Waals surface area contributed by atoms with Crippen molar-refractivity contribution in [3.8, 4) is 11.5 Å². The van der Waals surface area contributed by atoms with Gasteiger partial charge >= 0.3 is 0 Å². The molecule has 1 N–H and O–H groups in total. The van der Waals surface area contributed by atoms with Gasteiger partial charge in [-0.15, -0.1) is 0 Å². The van der Waals surface area contributed by atoms with Crippen LogP contribution >= 0.6 is 46.4 Å². The van der Waals surface area contributed by atoms with Crippen molar-refractivity contribution in [3.63, 3.8) is 0 Å². The van der Waals surface area contributed by atoms with E-state index in [4.69, 9.17) is 51.1 Å². The van der Waals surface area contributed by atoms with Crippen molar-refractivity contribution < 1.29 is 19.4 Å². The molecular weight excluding hydrogens is 654 g/mol. The molecule has 0 aromatic heterocycles. The van der Waals surface area contributed by atoms with Gasteiger partial charge < -0.3 is 19.6 Å². The van der Waals surface area contributed by atoms with Gasteiger partial charge in [0.05, 0.1) is 7.11 Å². The molecule has 2 heterocycles. The van der Waals surface area contributed by atoms with E-state index in [2.05, 4.69) is 9.80 Å². The number of methoxy groups -OCH3 is 1. The summed E-state index contributed by atoms with van der Waals surface area (Å²) < 4.78 is 5.17. The minimum absolute atomic E-state index is 0.000298. The minimum Gasteiger partial charge on any atom is -0.508 e. The maximum atomic E-state index is 12.8. The van der Waals surface area contributed by atoms with Gasteiger partial charge in [-0.25, -0.2) is 0 Å². The maximum absolute atomic E-state index is 12.8. The Bertz CT molecular complexity index is 1310. The van der Waals surface area contributed by atoms with Gasteiger partial charge in [-0.3, -0.25) is 9.59 Å². The monoisotopic (exact) mass is 696 g/mol. The van der Waals surface area contributed by atoms with Crippen LogP contribution in [0, 0.1) is 11.8 Å². The van der Waals surface area contributed by atoms with E-state index in [1.54, 1.807) is 19.2 Å². The SMILES string of the molecule is COc1cc(Cl)c(CC2CCN(C3CCCCC3)C2=O)c(Cl)c1.O=C1C(Cc2c(Cl)cc(O)cc2Cl)CCN1C1CCCCC1. The summed E-state index contributed by atoms with van der Waals surface area (Å²) in [5.74, 6) is 1.18. The molecule has 2 aromatic carbocycles. The van der Waals surface area contributed by atoms with E-state index in [1.807, 2.05) is 0 Å². The van der Waals surface area contributed by atoms with Crippen LogP contribution in [0.1, 0.15) is 88.2 Å². The standard InChI is InChI=1S/C18H23Cl2NO2.C17H21Cl2NO2/c1-23-14-10-16(19)15(17(20)11-14)9-12-7-8-21(18(12)22)13-5-3-2-4-6-13;18-15-9-13(21)10-16(19)14(15)8-11-6-7-20(17(11)22)12-4-2-1-3-5-12/h10-13H,2-9H2,1H3;9-12,21H,1-8H2. The van der Waals surface area contributed by atoms with Gasteiger partial charge in [-0.1, -0.05) is 84.9 Å². The van der Waals surface area contributed by atoms with Crippen LogP contribution in [0.25, 0.3) is 0 Å². The van der Waals surface area contributed by atoms with E-state index in [9.17, 15) is 14.7 Å². The lowest BCUT2D eigenvalue weighted by Crippen LogP contribution is -2.39. The Labute approximate surface area is 287 Å². The summed E-state index contributed by atoms with van der Waals surface area (Å²) in [4.78, 5) is 29.6. The van der Waals surface area contributed by atoms with E-state index in [0.29, 0.717) is 50.8 Å². The Morgan fingerprint density at radius 3 is 1.40 bits per heavy atom. The number of ether oxygens (including phenoxy) is 1. The maximum Gasteiger partial charge on any atom is 0.226 e. The average Bonchev–Trinajstić information content (AvgIpc) is 3.58. The van der Waals surface area contributed by atoms with E-state index in [0.717, 1.165) is 62.7 Å². The second kappa shape index (κ2) is 15.8. The Morgan fingerprint density at radius 2 is 1.02 bits per heavy atom. The topological polar surface area (TPSA) is 70.1 Å². The van der Waals surface area contributed by atoms with Crippen LogP contribution in [0.5, 0.6) is 11.5 Å². The molecule has 2 saturated heterocycles. The van der Waals surface area contributed by atoms with Gasteiger partial charge in [0.25, 0.3) is 0 Å². The van der Waals surface area contributed by atoms with Crippen LogP contribution in [0.4, 0.5) is 0 Å². The number of rotatable bonds is 7. The third-order valence-electron chi connectivity index (χ3n) is 10.1. The summed E-state index contributed by atoms with van der Waals surface area (Å²) in [7, 11) is 1.59. The molecule has 0 radical (unpaired) electrons. The summed E-state index contributed by atoms with van der Waals surface area (Å²) >= 11 is 25.0. The molecule has 45 heavy (non-hydrogen) atoms. The zero-order chi connectivity index (χ0) is 32.1. The first-order valence-corrected chi connectivity index (χ1v) is 18.0. The van der Waals surface area contributed by atoms with Gasteiger partial charge in [0.1, 0.15) is 11.5 Å². The summed E-state index contributed by atoms with van der Waals surface area (Å²) in [6.07, 6.45) is 15.1. The fourth-order valence-corrected chi connectivity index (χ4v) is 8.84. The fourth-order valence-electron chi connectivity index (χ4n) is 7.59. The summed E-state index contributed by atoms with van der Waals surface area (Å²) in [5.41, 5.74) is 1.63. The van der Waals surface area contributed by atoms with Crippen LogP contribution in [0.2, 0.25) is 20.1 Å². The zero-order valence-corrected chi connectivity index (χ0v) is 29.0. The number of halogens is 4. The van der Waals surface area contributed by atoms with E-state index in [-0.39, 0.29) is 29.4 Å². The number of hydrogen-bond donors (Lipinski definition) is 1. The minimum atomic E-state index is -0.0403. The number of carbonyl (C=O) groups excluding carboxylic acids is 2. The number of carbonyl (C=O) groups is 2. The Kier molecular flexibility index (Phi) is 12.1. The van der Waals surface area contributed by atoms with Crippen molar-refractivity contribution in [3.05, 3.63) is 55.5 Å². The molecule has 2 aromatic rings. The number of phenols is 1. The second-order valence-corrected chi connectivity index (χ2v) is 14.6. The van der Waals surface area contributed by atoms with E-state index < -0.39 is 0 Å². The highest BCUT2D eigenvalue weighted by Gasteiger charge is 2.38. The first-order chi connectivity index (χ1) is 21.7. The van der Waals surface area contributed by atoms with Crippen molar-refractivity contribution in [2.75, 3.05) is 20.2 Å². The number of amides is 2. The van der Waals surface area contributed by atoms with Crippen LogP contribution < -0.4 is 4.74 Å². The third-order valence-corrected chi connectivity index (χ3v) is 11.5. The highest BCUT2D eigenvalue weighted by Crippen LogP contribution is 2.37. The molecular formula is C35H44Cl4N2O4. The predicted octanol–water partition coefficient (Wildman–Crippen LogP) is 9.15. The van der Waals surface area contributed by atoms with E-state index in [1.165, 1.54) is 50.7 Å². The van der Waals surface area contributed by atoms with Gasteiger partial charge in [0.2, 0.25) is 11.8 Å². The van der Waals surface area contributed by atoms with Gasteiger partial charge in [-0.05, 0) is 86.8 Å². The molecule has 10 heteroatoms. The molecule has 246 valence electrons. The molecule has 2 aliphatic carbocycles. The summed E-state index contributed by atoms with van der Waals surface area (Å²) in [5, 5.41) is 11.5. The van der Waals surface area contributed by atoms with Gasteiger partial charge in [-0.2, -0.15) is 0 Å². The molecule has 2 aliphatic heterocycles. The summed E-state index contributed by atoms with van der Waals surface area (Å²) in [6, 6.07) is 7.38. The molecule has 2 atom stereocenters. The molecule has 0 bridgehead atoms. The first-order valence-electron chi connectivity index (χ1n) is 16.5. The largest absolute Gasteiger partial charge is 0.508 e. The van der Waals surface area contributed by atoms with Crippen LogP contribution in [-0.2, 0) is 22.4 Å². The molecule has 2 saturated carbocycles. The van der Waals surface area contributed by atoms with Crippen molar-refractivity contribution in [1.82, 2.24) is 9.80 Å². The van der Waals surface area contributed by atoms with Crippen LogP contribution in [0.15, 0.2) is 24.3 Å². The zero-order valence-electron chi connectivity index (χ0n) is 26.0. The number of hydrogen-bond acceptors (Lipinski definition) is 4. The molecule has 4 aliphatic rings.